The lowest BCUT2D eigenvalue weighted by Crippen LogP contribution is -2.40. The first-order chi connectivity index (χ1) is 7.46. The minimum atomic E-state index is -2.59. The maximum Gasteiger partial charge on any atom is 0.320 e. The molecule has 0 spiro atoms. The van der Waals surface area contributed by atoms with Crippen molar-refractivity contribution in [3.05, 3.63) is 18.2 Å². The third-order valence-electron chi connectivity index (χ3n) is 2.43. The molecule has 0 fully saturated rings. The largest absolute Gasteiger partial charge is 0.372 e. The van der Waals surface area contributed by atoms with Crippen LogP contribution in [0.15, 0.2) is 12.4 Å². The van der Waals surface area contributed by atoms with E-state index in [1.54, 1.807) is 0 Å². The van der Waals surface area contributed by atoms with E-state index in [1.807, 2.05) is 13.8 Å². The fourth-order valence-corrected chi connectivity index (χ4v) is 1.11. The van der Waals surface area contributed by atoms with E-state index in [-0.39, 0.29) is 12.4 Å². The second-order valence-electron chi connectivity index (χ2n) is 4.03. The highest BCUT2D eigenvalue weighted by molar-refractivity contribution is 4.91. The Morgan fingerprint density at radius 3 is 2.88 bits per heavy atom. The van der Waals surface area contributed by atoms with Crippen molar-refractivity contribution < 1.29 is 13.5 Å². The van der Waals surface area contributed by atoms with Crippen LogP contribution in [0.1, 0.15) is 32.6 Å². The zero-order valence-corrected chi connectivity index (χ0v) is 9.49. The van der Waals surface area contributed by atoms with Crippen LogP contribution in [0.2, 0.25) is 0 Å². The van der Waals surface area contributed by atoms with Gasteiger partial charge in [-0.05, 0) is 13.3 Å². The Morgan fingerprint density at radius 1 is 1.62 bits per heavy atom. The summed E-state index contributed by atoms with van der Waals surface area (Å²) < 4.78 is 30.9. The van der Waals surface area contributed by atoms with Gasteiger partial charge in [-0.2, -0.15) is 8.78 Å². The van der Waals surface area contributed by atoms with E-state index in [4.69, 9.17) is 10.5 Å². The van der Waals surface area contributed by atoms with Gasteiger partial charge < -0.3 is 10.5 Å². The minimum Gasteiger partial charge on any atom is -0.372 e. The van der Waals surface area contributed by atoms with Crippen molar-refractivity contribution >= 4 is 0 Å². The molecule has 0 aliphatic rings. The number of halogens is 2. The summed E-state index contributed by atoms with van der Waals surface area (Å²) in [6.45, 7) is 1.58. The molecule has 0 aliphatic heterocycles. The monoisotopic (exact) mass is 233 g/mol. The third-order valence-corrected chi connectivity index (χ3v) is 2.43. The summed E-state index contributed by atoms with van der Waals surface area (Å²) in [5.74, 6) is 0.210. The first kappa shape index (κ1) is 13.1. The summed E-state index contributed by atoms with van der Waals surface area (Å²) in [5.41, 5.74) is 5.42. The zero-order chi connectivity index (χ0) is 12.2. The van der Waals surface area contributed by atoms with E-state index >= 15 is 0 Å². The quantitative estimate of drug-likeness (QED) is 0.816. The first-order valence-corrected chi connectivity index (χ1v) is 5.13. The predicted molar refractivity (Wildman–Crippen MR) is 56.0 cm³/mol. The van der Waals surface area contributed by atoms with E-state index in [0.29, 0.717) is 6.61 Å². The SMILES string of the molecule is CCC(C)(N)COCc1nccn1C(F)F. The van der Waals surface area contributed by atoms with E-state index in [0.717, 1.165) is 11.0 Å². The van der Waals surface area contributed by atoms with Crippen molar-refractivity contribution in [1.29, 1.82) is 0 Å². The molecule has 1 rings (SSSR count). The van der Waals surface area contributed by atoms with Gasteiger partial charge >= 0.3 is 6.55 Å². The number of rotatable bonds is 6. The molecule has 0 aromatic carbocycles. The second kappa shape index (κ2) is 5.36. The molecule has 2 N–H and O–H groups in total. The summed E-state index contributed by atoms with van der Waals surface area (Å²) in [4.78, 5) is 3.80. The van der Waals surface area contributed by atoms with Crippen LogP contribution in [-0.2, 0) is 11.3 Å². The molecule has 0 saturated carbocycles. The Bertz CT molecular complexity index is 326. The first-order valence-electron chi connectivity index (χ1n) is 5.13. The molecule has 1 atom stereocenters. The van der Waals surface area contributed by atoms with Crippen molar-refractivity contribution in [3.8, 4) is 0 Å². The Balaban J connectivity index is 2.46. The number of hydrogen-bond acceptors (Lipinski definition) is 3. The van der Waals surface area contributed by atoms with E-state index in [9.17, 15) is 8.78 Å². The smallest absolute Gasteiger partial charge is 0.320 e. The molecule has 0 bridgehead atoms. The molecule has 16 heavy (non-hydrogen) atoms. The number of nitrogens with zero attached hydrogens (tertiary/aromatic N) is 2. The normalized spacial score (nSPS) is 15.4. The number of hydrogen-bond donors (Lipinski definition) is 1. The lowest BCUT2D eigenvalue weighted by atomic mass is 10.0. The predicted octanol–water partition coefficient (Wildman–Crippen LogP) is 1.92. The van der Waals surface area contributed by atoms with E-state index in [2.05, 4.69) is 4.98 Å². The summed E-state index contributed by atoms with van der Waals surface area (Å²) in [7, 11) is 0. The van der Waals surface area contributed by atoms with Crippen molar-refractivity contribution in [1.82, 2.24) is 9.55 Å². The highest BCUT2D eigenvalue weighted by Gasteiger charge is 2.17. The molecular formula is C10H17F2N3O. The maximum atomic E-state index is 12.4. The molecule has 4 nitrogen and oxygen atoms in total. The van der Waals surface area contributed by atoms with Gasteiger partial charge in [0.25, 0.3) is 0 Å². The number of ether oxygens (including phenoxy) is 1. The highest BCUT2D eigenvalue weighted by Crippen LogP contribution is 2.13. The molecular weight excluding hydrogens is 216 g/mol. The van der Waals surface area contributed by atoms with Gasteiger partial charge in [0.05, 0.1) is 6.61 Å². The van der Waals surface area contributed by atoms with Gasteiger partial charge in [0.15, 0.2) is 0 Å². The third kappa shape index (κ3) is 3.53. The van der Waals surface area contributed by atoms with Crippen molar-refractivity contribution in [2.45, 2.75) is 39.0 Å². The van der Waals surface area contributed by atoms with E-state index in [1.165, 1.54) is 12.4 Å². The standard InChI is InChI=1S/C10H17F2N3O/c1-3-10(2,13)7-16-6-8-14-4-5-15(8)9(11)12/h4-5,9H,3,6-7,13H2,1-2H3. The van der Waals surface area contributed by atoms with Gasteiger partial charge in [-0.15, -0.1) is 0 Å². The molecule has 1 aromatic heterocycles. The zero-order valence-electron chi connectivity index (χ0n) is 9.49. The van der Waals surface area contributed by atoms with Crippen LogP contribution in [0, 0.1) is 0 Å². The highest BCUT2D eigenvalue weighted by atomic mass is 19.3. The van der Waals surface area contributed by atoms with Crippen molar-refractivity contribution in [2.24, 2.45) is 5.73 Å². The van der Waals surface area contributed by atoms with Crippen LogP contribution >= 0.6 is 0 Å². The Labute approximate surface area is 93.4 Å². The van der Waals surface area contributed by atoms with Crippen LogP contribution in [0.4, 0.5) is 8.78 Å². The van der Waals surface area contributed by atoms with Crippen LogP contribution in [0.5, 0.6) is 0 Å². The molecule has 1 unspecified atom stereocenters. The molecule has 1 aromatic rings. The Kier molecular flexibility index (Phi) is 4.37. The van der Waals surface area contributed by atoms with Crippen molar-refractivity contribution in [3.63, 3.8) is 0 Å². The number of aromatic nitrogens is 2. The second-order valence-corrected chi connectivity index (χ2v) is 4.03. The lowest BCUT2D eigenvalue weighted by Gasteiger charge is -2.22. The molecule has 0 saturated heterocycles. The summed E-state index contributed by atoms with van der Waals surface area (Å²) in [6.07, 6.45) is 3.31. The van der Waals surface area contributed by atoms with Crippen LogP contribution < -0.4 is 5.73 Å². The summed E-state index contributed by atoms with van der Waals surface area (Å²) in [6, 6.07) is 0. The fraction of sp³-hybridized carbons (Fsp3) is 0.700. The number of imidazole rings is 1. The molecule has 0 aliphatic carbocycles. The van der Waals surface area contributed by atoms with Gasteiger partial charge in [0.1, 0.15) is 12.4 Å². The van der Waals surface area contributed by atoms with Gasteiger partial charge in [0, 0.05) is 17.9 Å². The molecule has 92 valence electrons. The van der Waals surface area contributed by atoms with Gasteiger partial charge in [0.2, 0.25) is 0 Å². The van der Waals surface area contributed by atoms with Gasteiger partial charge in [-0.1, -0.05) is 6.92 Å². The fourth-order valence-electron chi connectivity index (χ4n) is 1.11. The van der Waals surface area contributed by atoms with Crippen LogP contribution in [0.25, 0.3) is 0 Å². The van der Waals surface area contributed by atoms with Crippen LogP contribution in [0.3, 0.4) is 0 Å². The maximum absolute atomic E-state index is 12.4. The topological polar surface area (TPSA) is 53.1 Å². The summed E-state index contributed by atoms with van der Waals surface area (Å²) in [5, 5.41) is 0. The lowest BCUT2D eigenvalue weighted by molar-refractivity contribution is 0.0418. The van der Waals surface area contributed by atoms with E-state index < -0.39 is 12.1 Å². The van der Waals surface area contributed by atoms with Crippen molar-refractivity contribution in [2.75, 3.05) is 6.61 Å². The molecule has 0 radical (unpaired) electrons. The molecule has 0 amide bonds. The average molecular weight is 233 g/mol. The average Bonchev–Trinajstić information content (AvgIpc) is 2.66. The van der Waals surface area contributed by atoms with Crippen LogP contribution in [-0.4, -0.2) is 21.7 Å². The Hall–Kier alpha value is -1.01. The Morgan fingerprint density at radius 2 is 2.31 bits per heavy atom. The minimum absolute atomic E-state index is 0.0458. The molecule has 1 heterocycles. The molecule has 6 heteroatoms. The number of nitrogens with two attached hydrogens (primary N) is 1. The van der Waals surface area contributed by atoms with Gasteiger partial charge in [-0.25, -0.2) is 4.98 Å². The number of alkyl halides is 2. The van der Waals surface area contributed by atoms with Gasteiger partial charge in [-0.3, -0.25) is 4.57 Å². The summed E-state index contributed by atoms with van der Waals surface area (Å²) >= 11 is 0.